The first-order valence-electron chi connectivity index (χ1n) is 12.7. The average Bonchev–Trinajstić information content (AvgIpc) is 3.44. The summed E-state index contributed by atoms with van der Waals surface area (Å²) in [7, 11) is 3.19. The summed E-state index contributed by atoms with van der Waals surface area (Å²) in [5, 5.41) is 26.7. The Kier molecular flexibility index (Phi) is 6.90. The molecular formula is C28H34N2O6. The van der Waals surface area contributed by atoms with Gasteiger partial charge in [-0.25, -0.2) is 4.79 Å². The van der Waals surface area contributed by atoms with Gasteiger partial charge in [0.2, 0.25) is 0 Å². The summed E-state index contributed by atoms with van der Waals surface area (Å²) in [5.41, 5.74) is 3.22. The maximum atomic E-state index is 12.0. The van der Waals surface area contributed by atoms with E-state index in [9.17, 15) is 15.0 Å². The molecule has 2 fully saturated rings. The molecule has 2 aliphatic rings. The molecule has 5 rings (SSSR count). The number of hydrogen-bond donors (Lipinski definition) is 2. The van der Waals surface area contributed by atoms with Crippen LogP contribution < -0.4 is 9.47 Å². The van der Waals surface area contributed by atoms with Gasteiger partial charge in [0.1, 0.15) is 29.2 Å². The number of hydrogen-bond acceptors (Lipinski definition) is 6. The summed E-state index contributed by atoms with van der Waals surface area (Å²) in [6.07, 6.45) is 6.70. The van der Waals surface area contributed by atoms with Crippen LogP contribution in [0.4, 0.5) is 0 Å². The van der Waals surface area contributed by atoms with Gasteiger partial charge in [0.15, 0.2) is 0 Å². The van der Waals surface area contributed by atoms with Gasteiger partial charge in [-0.3, -0.25) is 4.68 Å². The molecule has 0 radical (unpaired) electrons. The van der Waals surface area contributed by atoms with Crippen molar-refractivity contribution in [2.24, 2.45) is 0 Å². The summed E-state index contributed by atoms with van der Waals surface area (Å²) in [6, 6.07) is 7.43. The van der Waals surface area contributed by atoms with Crippen molar-refractivity contribution in [3.63, 3.8) is 0 Å². The quantitative estimate of drug-likeness (QED) is 0.409. The molecule has 0 amide bonds. The summed E-state index contributed by atoms with van der Waals surface area (Å²) >= 11 is 0. The molecule has 8 heteroatoms. The Bertz CT molecular complexity index is 1230. The van der Waals surface area contributed by atoms with Gasteiger partial charge in [-0.1, -0.05) is 12.8 Å². The molecule has 0 bridgehead atoms. The van der Waals surface area contributed by atoms with E-state index in [1.54, 1.807) is 25.0 Å². The van der Waals surface area contributed by atoms with E-state index < -0.39 is 18.2 Å². The second-order valence-corrected chi connectivity index (χ2v) is 10.0. The minimum atomic E-state index is -0.981. The Labute approximate surface area is 210 Å². The van der Waals surface area contributed by atoms with Crippen molar-refractivity contribution in [2.75, 3.05) is 14.2 Å². The summed E-state index contributed by atoms with van der Waals surface area (Å²) in [5.74, 6) is 0.714. The van der Waals surface area contributed by atoms with Crippen LogP contribution in [0.5, 0.6) is 11.5 Å². The van der Waals surface area contributed by atoms with Crippen LogP contribution in [0.15, 0.2) is 30.5 Å². The van der Waals surface area contributed by atoms with Crippen molar-refractivity contribution >= 4 is 16.9 Å². The first-order chi connectivity index (χ1) is 17.4. The van der Waals surface area contributed by atoms with Crippen LogP contribution in [0.25, 0.3) is 10.9 Å². The molecule has 0 saturated heterocycles. The molecule has 2 atom stereocenters. The molecule has 2 saturated carbocycles. The Balaban J connectivity index is 1.49. The van der Waals surface area contributed by atoms with Crippen LogP contribution in [0.3, 0.4) is 0 Å². The van der Waals surface area contributed by atoms with Crippen molar-refractivity contribution in [3.8, 4) is 11.5 Å². The Morgan fingerprint density at radius 3 is 2.33 bits per heavy atom. The number of carboxylic acid groups (broad SMARTS) is 1. The largest absolute Gasteiger partial charge is 0.496 e. The Hall–Kier alpha value is -3.10. The highest BCUT2D eigenvalue weighted by Gasteiger charge is 2.30. The second kappa shape index (κ2) is 10.1. The maximum Gasteiger partial charge on any atom is 0.337 e. The third-order valence-electron chi connectivity index (χ3n) is 7.46. The van der Waals surface area contributed by atoms with Gasteiger partial charge in [0, 0.05) is 17.1 Å². The number of fused-ring (bicyclic) bond motifs is 1. The van der Waals surface area contributed by atoms with Crippen LogP contribution in [0.1, 0.15) is 77.6 Å². The van der Waals surface area contributed by atoms with Crippen molar-refractivity contribution in [1.82, 2.24) is 9.78 Å². The molecule has 0 spiro atoms. The molecule has 2 N–H and O–H groups in total. The topological polar surface area (TPSA) is 103 Å². The number of methoxy groups -OCH3 is 2. The lowest BCUT2D eigenvalue weighted by Gasteiger charge is -2.27. The first kappa shape index (κ1) is 24.6. The molecule has 3 aromatic rings. The van der Waals surface area contributed by atoms with Crippen molar-refractivity contribution in [3.05, 3.63) is 52.7 Å². The minimum absolute atomic E-state index is 0.0694. The number of nitrogens with zero attached hydrogens (tertiary/aromatic N) is 2. The first-order valence-corrected chi connectivity index (χ1v) is 12.7. The monoisotopic (exact) mass is 494 g/mol. The van der Waals surface area contributed by atoms with Crippen LogP contribution in [-0.2, 0) is 11.3 Å². The van der Waals surface area contributed by atoms with Gasteiger partial charge in [0.05, 0.1) is 32.4 Å². The number of carboxylic acids is 1. The summed E-state index contributed by atoms with van der Waals surface area (Å²) < 4.78 is 19.2. The van der Waals surface area contributed by atoms with Gasteiger partial charge in [-0.05, 0) is 73.9 Å². The van der Waals surface area contributed by atoms with E-state index in [0.717, 1.165) is 55.0 Å². The second-order valence-electron chi connectivity index (χ2n) is 10.0. The predicted octanol–water partition coefficient (Wildman–Crippen LogP) is 5.00. The Morgan fingerprint density at radius 1 is 1.08 bits per heavy atom. The molecule has 1 heterocycles. The number of rotatable bonds is 10. The molecule has 8 nitrogen and oxygen atoms in total. The zero-order valence-electron chi connectivity index (χ0n) is 21.1. The lowest BCUT2D eigenvalue weighted by molar-refractivity contribution is -0.0845. The molecule has 0 aliphatic heterocycles. The number of aliphatic hydroxyl groups excluding tert-OH is 1. The van der Waals surface area contributed by atoms with E-state index >= 15 is 0 Å². The van der Waals surface area contributed by atoms with E-state index in [1.807, 2.05) is 31.3 Å². The van der Waals surface area contributed by atoms with Gasteiger partial charge in [-0.2, -0.15) is 5.10 Å². The number of aromatic nitrogens is 2. The van der Waals surface area contributed by atoms with E-state index in [0.29, 0.717) is 28.5 Å². The number of ether oxygens (including phenoxy) is 3. The Morgan fingerprint density at radius 2 is 1.75 bits per heavy atom. The summed E-state index contributed by atoms with van der Waals surface area (Å²) in [6.45, 7) is 2.19. The van der Waals surface area contributed by atoms with Crippen LogP contribution in [0, 0.1) is 6.92 Å². The standard InChI is InChI=1S/C28H34N2O6/c1-16-23(34-2)12-19(13-24(16)35-3)27(31)25(36-21-6-4-5-7-21)15-30-14-20-10-18(17-8-9-17)11-22(28(32)33)26(20)29-30/h10-14,17,21,25,27,31H,4-9,15H2,1-3H3,(H,32,33)/t25-,27+/m0/s1. The van der Waals surface area contributed by atoms with E-state index in [4.69, 9.17) is 14.2 Å². The highest BCUT2D eigenvalue weighted by Crippen LogP contribution is 2.42. The zero-order valence-corrected chi connectivity index (χ0v) is 21.1. The molecule has 0 unspecified atom stereocenters. The number of aliphatic hydroxyl groups is 1. The highest BCUT2D eigenvalue weighted by molar-refractivity contribution is 6.02. The van der Waals surface area contributed by atoms with E-state index in [2.05, 4.69) is 5.10 Å². The van der Waals surface area contributed by atoms with Gasteiger partial charge in [-0.15, -0.1) is 0 Å². The fourth-order valence-corrected chi connectivity index (χ4v) is 5.28. The molecule has 36 heavy (non-hydrogen) atoms. The molecule has 192 valence electrons. The number of aromatic carboxylic acids is 1. The SMILES string of the molecule is COc1cc([C@@H](O)[C@H](Cn2cc3cc(C4CC4)cc(C(=O)O)c3n2)OC2CCCC2)cc(OC)c1C. The van der Waals surface area contributed by atoms with Crippen molar-refractivity contribution in [1.29, 1.82) is 0 Å². The van der Waals surface area contributed by atoms with Crippen LogP contribution in [0.2, 0.25) is 0 Å². The number of benzene rings is 2. The van der Waals surface area contributed by atoms with E-state index in [-0.39, 0.29) is 18.2 Å². The normalized spacial score (nSPS) is 17.9. The third kappa shape index (κ3) is 4.92. The molecular weight excluding hydrogens is 460 g/mol. The minimum Gasteiger partial charge on any atom is -0.496 e. The van der Waals surface area contributed by atoms with Gasteiger partial charge >= 0.3 is 5.97 Å². The smallest absolute Gasteiger partial charge is 0.337 e. The fourth-order valence-electron chi connectivity index (χ4n) is 5.28. The third-order valence-corrected chi connectivity index (χ3v) is 7.46. The summed E-state index contributed by atoms with van der Waals surface area (Å²) in [4.78, 5) is 12.0. The lowest BCUT2D eigenvalue weighted by atomic mass is 10.0. The maximum absolute atomic E-state index is 12.0. The fraction of sp³-hybridized carbons (Fsp3) is 0.500. The zero-order chi connectivity index (χ0) is 25.4. The van der Waals surface area contributed by atoms with Crippen LogP contribution >= 0.6 is 0 Å². The molecule has 2 aromatic carbocycles. The average molecular weight is 495 g/mol. The molecule has 2 aliphatic carbocycles. The molecule has 1 aromatic heterocycles. The number of carbonyl (C=O) groups is 1. The highest BCUT2D eigenvalue weighted by atomic mass is 16.5. The van der Waals surface area contributed by atoms with E-state index in [1.165, 1.54) is 0 Å². The van der Waals surface area contributed by atoms with Gasteiger partial charge in [0.25, 0.3) is 0 Å². The predicted molar refractivity (Wildman–Crippen MR) is 135 cm³/mol. The lowest BCUT2D eigenvalue weighted by Crippen LogP contribution is -2.31. The van der Waals surface area contributed by atoms with Crippen LogP contribution in [-0.4, -0.2) is 52.4 Å². The van der Waals surface area contributed by atoms with Gasteiger partial charge < -0.3 is 24.4 Å². The van der Waals surface area contributed by atoms with Crippen molar-refractivity contribution in [2.45, 2.75) is 76.2 Å². The van der Waals surface area contributed by atoms with Crippen molar-refractivity contribution < 1.29 is 29.2 Å².